The standard InChI is InChI=1S/C11H13ClN2O/c1-3-5-13-11(15)8-6-9(4-2)14-10(12)7-8/h3,6-7H,1,4-5H2,2H3,(H,13,15). The van der Waals surface area contributed by atoms with E-state index in [1.165, 1.54) is 0 Å². The van der Waals surface area contributed by atoms with E-state index in [0.717, 1.165) is 12.1 Å². The molecule has 0 unspecified atom stereocenters. The van der Waals surface area contributed by atoms with Crippen LogP contribution in [0, 0.1) is 0 Å². The Morgan fingerprint density at radius 1 is 1.67 bits per heavy atom. The molecule has 1 aromatic rings. The van der Waals surface area contributed by atoms with E-state index < -0.39 is 0 Å². The van der Waals surface area contributed by atoms with Gasteiger partial charge in [0, 0.05) is 17.8 Å². The van der Waals surface area contributed by atoms with Crippen LogP contribution in [0.15, 0.2) is 24.8 Å². The second kappa shape index (κ2) is 5.51. The molecule has 0 saturated carbocycles. The lowest BCUT2D eigenvalue weighted by Crippen LogP contribution is -2.23. The van der Waals surface area contributed by atoms with E-state index in [1.807, 2.05) is 6.92 Å². The number of aryl methyl sites for hydroxylation is 1. The molecule has 0 bridgehead atoms. The van der Waals surface area contributed by atoms with Crippen molar-refractivity contribution in [2.45, 2.75) is 13.3 Å². The van der Waals surface area contributed by atoms with Crippen molar-refractivity contribution in [3.8, 4) is 0 Å². The zero-order valence-electron chi connectivity index (χ0n) is 8.59. The van der Waals surface area contributed by atoms with Gasteiger partial charge in [0.15, 0.2) is 0 Å². The number of nitrogens with zero attached hydrogens (tertiary/aromatic N) is 1. The Morgan fingerprint density at radius 2 is 2.40 bits per heavy atom. The summed E-state index contributed by atoms with van der Waals surface area (Å²) in [6, 6.07) is 3.30. The number of rotatable bonds is 4. The zero-order chi connectivity index (χ0) is 11.3. The molecule has 1 rings (SSSR count). The van der Waals surface area contributed by atoms with Gasteiger partial charge >= 0.3 is 0 Å². The lowest BCUT2D eigenvalue weighted by molar-refractivity contribution is 0.0958. The molecule has 0 radical (unpaired) electrons. The van der Waals surface area contributed by atoms with Crippen LogP contribution in [0.5, 0.6) is 0 Å². The number of nitrogens with one attached hydrogen (secondary N) is 1. The molecule has 1 heterocycles. The van der Waals surface area contributed by atoms with Gasteiger partial charge in [-0.2, -0.15) is 0 Å². The van der Waals surface area contributed by atoms with E-state index in [-0.39, 0.29) is 5.91 Å². The monoisotopic (exact) mass is 224 g/mol. The van der Waals surface area contributed by atoms with Crippen LogP contribution in [0.4, 0.5) is 0 Å². The second-order valence-corrected chi connectivity index (χ2v) is 3.41. The molecule has 0 aromatic carbocycles. The van der Waals surface area contributed by atoms with Crippen molar-refractivity contribution < 1.29 is 4.79 Å². The number of amides is 1. The summed E-state index contributed by atoms with van der Waals surface area (Å²) in [5.41, 5.74) is 1.35. The van der Waals surface area contributed by atoms with Crippen molar-refractivity contribution in [3.05, 3.63) is 41.2 Å². The van der Waals surface area contributed by atoms with Gasteiger partial charge in [-0.25, -0.2) is 4.98 Å². The Hall–Kier alpha value is -1.35. The highest BCUT2D eigenvalue weighted by Gasteiger charge is 2.07. The van der Waals surface area contributed by atoms with Gasteiger partial charge < -0.3 is 5.32 Å². The van der Waals surface area contributed by atoms with Gasteiger partial charge in [-0.3, -0.25) is 4.79 Å². The molecule has 0 aliphatic rings. The largest absolute Gasteiger partial charge is 0.349 e. The second-order valence-electron chi connectivity index (χ2n) is 3.02. The summed E-state index contributed by atoms with van der Waals surface area (Å²) in [7, 11) is 0. The topological polar surface area (TPSA) is 42.0 Å². The molecular formula is C11H13ClN2O. The van der Waals surface area contributed by atoms with E-state index in [2.05, 4.69) is 16.9 Å². The van der Waals surface area contributed by atoms with E-state index in [4.69, 9.17) is 11.6 Å². The Bertz CT molecular complexity index is 377. The third-order valence-corrected chi connectivity index (χ3v) is 2.07. The van der Waals surface area contributed by atoms with Crippen LogP contribution in [0.3, 0.4) is 0 Å². The highest BCUT2D eigenvalue weighted by molar-refractivity contribution is 6.29. The van der Waals surface area contributed by atoms with Crippen LogP contribution in [0.1, 0.15) is 23.0 Å². The van der Waals surface area contributed by atoms with Crippen LogP contribution >= 0.6 is 11.6 Å². The number of halogens is 1. The number of carbonyl (C=O) groups excluding carboxylic acids is 1. The van der Waals surface area contributed by atoms with E-state index in [0.29, 0.717) is 17.3 Å². The fourth-order valence-electron chi connectivity index (χ4n) is 1.13. The third-order valence-electron chi connectivity index (χ3n) is 1.88. The average molecular weight is 225 g/mol. The summed E-state index contributed by atoms with van der Waals surface area (Å²) < 4.78 is 0. The molecule has 0 aliphatic heterocycles. The Morgan fingerprint density at radius 3 is 3.00 bits per heavy atom. The highest BCUT2D eigenvalue weighted by Crippen LogP contribution is 2.11. The van der Waals surface area contributed by atoms with Crippen LogP contribution in [-0.4, -0.2) is 17.4 Å². The third kappa shape index (κ3) is 3.36. The SMILES string of the molecule is C=CCNC(=O)c1cc(Cl)nc(CC)c1. The summed E-state index contributed by atoms with van der Waals surface area (Å²) >= 11 is 5.80. The molecule has 0 saturated heterocycles. The maximum Gasteiger partial charge on any atom is 0.251 e. The van der Waals surface area contributed by atoms with Crippen LogP contribution < -0.4 is 5.32 Å². The Kier molecular flexibility index (Phi) is 4.31. The molecular weight excluding hydrogens is 212 g/mol. The van der Waals surface area contributed by atoms with Gasteiger partial charge in [-0.1, -0.05) is 24.6 Å². The van der Waals surface area contributed by atoms with Crippen LogP contribution in [0.25, 0.3) is 0 Å². The van der Waals surface area contributed by atoms with Gasteiger partial charge in [0.05, 0.1) is 0 Å². The van der Waals surface area contributed by atoms with E-state index in [1.54, 1.807) is 18.2 Å². The maximum atomic E-state index is 11.6. The molecule has 4 heteroatoms. The summed E-state index contributed by atoms with van der Waals surface area (Å²) in [5.74, 6) is -0.158. The molecule has 1 N–H and O–H groups in total. The van der Waals surface area contributed by atoms with Crippen LogP contribution in [-0.2, 0) is 6.42 Å². The molecule has 15 heavy (non-hydrogen) atoms. The summed E-state index contributed by atoms with van der Waals surface area (Å²) in [5, 5.41) is 3.03. The first-order chi connectivity index (χ1) is 7.17. The van der Waals surface area contributed by atoms with Gasteiger partial charge in [0.25, 0.3) is 5.91 Å². The molecule has 0 fully saturated rings. The minimum Gasteiger partial charge on any atom is -0.349 e. The number of hydrogen-bond donors (Lipinski definition) is 1. The predicted molar refractivity (Wildman–Crippen MR) is 61.2 cm³/mol. The lowest BCUT2D eigenvalue weighted by Gasteiger charge is -2.04. The smallest absolute Gasteiger partial charge is 0.251 e. The number of carbonyl (C=O) groups is 1. The first-order valence-electron chi connectivity index (χ1n) is 4.73. The fraction of sp³-hybridized carbons (Fsp3) is 0.273. The maximum absolute atomic E-state index is 11.6. The van der Waals surface area contributed by atoms with Gasteiger partial charge in [-0.15, -0.1) is 6.58 Å². The van der Waals surface area contributed by atoms with E-state index >= 15 is 0 Å². The average Bonchev–Trinajstić information content (AvgIpc) is 2.24. The van der Waals surface area contributed by atoms with Crippen LogP contribution in [0.2, 0.25) is 5.15 Å². The first-order valence-corrected chi connectivity index (χ1v) is 5.10. The molecule has 0 atom stereocenters. The summed E-state index contributed by atoms with van der Waals surface area (Å²) in [6.07, 6.45) is 2.38. The Labute approximate surface area is 94.2 Å². The lowest BCUT2D eigenvalue weighted by atomic mass is 10.2. The molecule has 80 valence electrons. The van der Waals surface area contributed by atoms with Crippen molar-refractivity contribution in [2.75, 3.05) is 6.54 Å². The van der Waals surface area contributed by atoms with Gasteiger partial charge in [0.1, 0.15) is 5.15 Å². The van der Waals surface area contributed by atoms with E-state index in [9.17, 15) is 4.79 Å². The van der Waals surface area contributed by atoms with Crippen molar-refractivity contribution in [2.24, 2.45) is 0 Å². The summed E-state index contributed by atoms with van der Waals surface area (Å²) in [6.45, 7) is 5.93. The summed E-state index contributed by atoms with van der Waals surface area (Å²) in [4.78, 5) is 15.7. The minimum atomic E-state index is -0.158. The molecule has 3 nitrogen and oxygen atoms in total. The number of aromatic nitrogens is 1. The first kappa shape index (κ1) is 11.7. The van der Waals surface area contributed by atoms with Gasteiger partial charge in [0.2, 0.25) is 0 Å². The van der Waals surface area contributed by atoms with Crippen molar-refractivity contribution >= 4 is 17.5 Å². The molecule has 0 spiro atoms. The van der Waals surface area contributed by atoms with Crippen molar-refractivity contribution in [1.82, 2.24) is 10.3 Å². The number of hydrogen-bond acceptors (Lipinski definition) is 2. The normalized spacial score (nSPS) is 9.73. The predicted octanol–water partition coefficient (Wildman–Crippen LogP) is 2.21. The molecule has 1 aromatic heterocycles. The quantitative estimate of drug-likeness (QED) is 0.630. The molecule has 0 aliphatic carbocycles. The minimum absolute atomic E-state index is 0.158. The van der Waals surface area contributed by atoms with Gasteiger partial charge in [-0.05, 0) is 18.6 Å². The number of pyridine rings is 1. The van der Waals surface area contributed by atoms with Crippen molar-refractivity contribution in [3.63, 3.8) is 0 Å². The Balaban J connectivity index is 2.88. The zero-order valence-corrected chi connectivity index (χ0v) is 9.34. The fourth-order valence-corrected chi connectivity index (χ4v) is 1.36. The highest BCUT2D eigenvalue weighted by atomic mass is 35.5. The molecule has 1 amide bonds. The van der Waals surface area contributed by atoms with Crippen molar-refractivity contribution in [1.29, 1.82) is 0 Å².